The van der Waals surface area contributed by atoms with Crippen molar-refractivity contribution in [1.82, 2.24) is 34.1 Å². The molecule has 14 nitrogen and oxygen atoms in total. The zero-order chi connectivity index (χ0) is 78.9. The molecule has 22 heteroatoms. The number of carboxylic acid groups (broad SMARTS) is 1. The van der Waals surface area contributed by atoms with Crippen LogP contribution >= 0.6 is 0 Å². The monoisotopic (exact) mass is 1540 g/mol. The predicted octanol–water partition coefficient (Wildman–Crippen LogP) is 20.5. The van der Waals surface area contributed by atoms with Crippen molar-refractivity contribution in [2.75, 3.05) is 19.4 Å². The lowest BCUT2D eigenvalue weighted by Crippen LogP contribution is -2.37. The number of rotatable bonds is 22. The third kappa shape index (κ3) is 20.5. The lowest BCUT2D eigenvalue weighted by molar-refractivity contribution is -0.139. The van der Waals surface area contributed by atoms with Gasteiger partial charge in [-0.2, -0.15) is 28.5 Å². The highest BCUT2D eigenvalue weighted by Crippen LogP contribution is 2.42. The number of nitrogens with zero attached hydrogens (tertiary/aromatic N) is 6. The van der Waals surface area contributed by atoms with Crippen LogP contribution in [-0.2, 0) is 24.0 Å². The number of ether oxygens (including phenoxy) is 1. The van der Waals surface area contributed by atoms with E-state index in [2.05, 4.69) is 39.7 Å². The first-order valence-corrected chi connectivity index (χ1v) is 40.9. The molecule has 15 aromatic rings. The lowest BCUT2D eigenvalue weighted by Gasteiger charge is -2.29. The topological polar surface area (TPSA) is 176 Å². The molecule has 0 fully saturated rings. The Hall–Kier alpha value is -12.5. The number of hydrogen-bond acceptors (Lipinski definition) is 9. The minimum atomic E-state index is -4.86. The third-order valence-corrected chi connectivity index (χ3v) is 20.5. The number of sulfonamides is 1. The summed E-state index contributed by atoms with van der Waals surface area (Å²) in [4.78, 5) is 12.5. The lowest BCUT2D eigenvalue weighted by atomic mass is 9.77. The fraction of sp³-hybridized carbons (Fsp3) is 0.133. The van der Waals surface area contributed by atoms with E-state index in [0.29, 0.717) is 11.6 Å². The summed E-state index contributed by atoms with van der Waals surface area (Å²) in [6.45, 7) is 6.15. The van der Waals surface area contributed by atoms with Crippen molar-refractivity contribution in [3.05, 3.63) is 401 Å². The molecule has 12 aromatic carbocycles. The number of fused-ring (bicyclic) bond motifs is 3. The Kier molecular flexibility index (Phi) is 25.4. The molecule has 0 aliphatic heterocycles. The molecule has 0 saturated carbocycles. The van der Waals surface area contributed by atoms with Crippen LogP contribution in [0.2, 0.25) is 19.6 Å². The summed E-state index contributed by atoms with van der Waals surface area (Å²) >= 11 is 0. The smallest absolute Gasteiger partial charge is 0.404 e. The molecule has 0 spiro atoms. The number of carbonyl (C=O) groups is 1. The van der Waals surface area contributed by atoms with Crippen molar-refractivity contribution < 1.29 is 58.9 Å². The van der Waals surface area contributed by atoms with Crippen molar-refractivity contribution in [2.24, 2.45) is 0 Å². The SMILES string of the molecule is CO/C(=C/c1ccccc1)O[Si](C)(C)C.O=C(O)C(c1ccccc1)C(c1ccccc1)c1ccc2c(cnn2-c2ccc(F)cc2)c1.O=S(=O)(CC(F)(F)F)NCC(c1ccccc1)C(c1ccccc1)c1ccc2c(cnn2-c2ccc(F)cc2)c1.OC(c1ccccc1)c1ccc2c(cnn2-c2ccc(F)cc2)c1. The average molecular weight is 1540 g/mol. The van der Waals surface area contributed by atoms with E-state index in [1.807, 2.05) is 243 Å². The van der Waals surface area contributed by atoms with Gasteiger partial charge in [-0.3, -0.25) is 4.79 Å². The van der Waals surface area contributed by atoms with E-state index < -0.39 is 60.1 Å². The Balaban J connectivity index is 0.000000146. The van der Waals surface area contributed by atoms with E-state index >= 15 is 0 Å². The molecular formula is C90H79F6N7O7SSi. The fourth-order valence-corrected chi connectivity index (χ4v) is 15.0. The predicted molar refractivity (Wildman–Crippen MR) is 430 cm³/mol. The standard InChI is InChI=1S/C30H25F4N3O2S.C28H21FN2O2.C20H15FN2O.C12H18O2Si/c31-25-12-14-26(15-13-25)37-28-16-11-23(17-24(28)18-35-37)29(22-9-5-2-6-10-22)27(21-7-3-1-4-8-21)19-36-40(38,39)20-30(32,33)34;29-23-12-14-24(15-13-23)31-25-16-11-21(17-22(25)18-30-31)26(19-7-3-1-4-8-19)27(28(32)33)20-9-5-2-6-10-20;21-17-7-9-18(10-8-17)23-19-11-6-15(12-16(19)13-22-23)20(24)14-4-2-1-3-5-14;1-13-12(14-15(2,3)4)10-11-8-6-5-7-9-11/h1-18,27,29,36H,19-20H2;1-18,26-27H,(H,32,33);1-13,20,24H;5-10H,1-4H3/b;;;12-10-. The Bertz CT molecular complexity index is 5730. The number of aliphatic carboxylic acids is 1. The molecule has 0 bridgehead atoms. The largest absolute Gasteiger partial charge is 0.520 e. The molecule has 0 amide bonds. The van der Waals surface area contributed by atoms with Gasteiger partial charge in [-0.1, -0.05) is 200 Å². The maximum atomic E-state index is 13.5. The van der Waals surface area contributed by atoms with Gasteiger partial charge in [-0.25, -0.2) is 40.4 Å². The van der Waals surface area contributed by atoms with Crippen LogP contribution in [-0.4, -0.2) is 87.8 Å². The highest BCUT2D eigenvalue weighted by atomic mass is 32.2. The van der Waals surface area contributed by atoms with Gasteiger partial charge in [0.1, 0.15) is 23.6 Å². The van der Waals surface area contributed by atoms with E-state index in [4.69, 9.17) is 9.16 Å². The quantitative estimate of drug-likeness (QED) is 0.0336. The number of alkyl halides is 3. The number of carboxylic acids is 1. The van der Waals surface area contributed by atoms with E-state index in [1.54, 1.807) is 76.1 Å². The summed E-state index contributed by atoms with van der Waals surface area (Å²) in [5.41, 5.74) is 12.6. The van der Waals surface area contributed by atoms with Gasteiger partial charge in [0, 0.05) is 46.5 Å². The highest BCUT2D eigenvalue weighted by molar-refractivity contribution is 7.89. The summed E-state index contributed by atoms with van der Waals surface area (Å²) in [5.74, 6) is -5.24. The van der Waals surface area contributed by atoms with Crippen molar-refractivity contribution in [1.29, 1.82) is 0 Å². The molecule has 0 aliphatic rings. The van der Waals surface area contributed by atoms with Crippen LogP contribution in [0.5, 0.6) is 0 Å². The molecule has 0 aliphatic carbocycles. The van der Waals surface area contributed by atoms with Gasteiger partial charge < -0.3 is 19.4 Å². The number of aromatic nitrogens is 6. The fourth-order valence-electron chi connectivity index (χ4n) is 13.3. The average Bonchev–Trinajstić information content (AvgIpc) is 1.69. The van der Waals surface area contributed by atoms with Crippen LogP contribution < -0.4 is 4.72 Å². The van der Waals surface area contributed by atoms with Crippen molar-refractivity contribution in [3.8, 4) is 17.1 Å². The molecule has 0 radical (unpaired) electrons. The Morgan fingerprint density at radius 1 is 0.464 bits per heavy atom. The summed E-state index contributed by atoms with van der Waals surface area (Å²) in [6.07, 6.45) is 1.57. The second-order valence-corrected chi connectivity index (χ2v) is 33.6. The second-order valence-electron chi connectivity index (χ2n) is 27.4. The van der Waals surface area contributed by atoms with Gasteiger partial charge in [0.15, 0.2) is 5.75 Å². The summed E-state index contributed by atoms with van der Waals surface area (Å²) in [6, 6.07) is 92.8. The molecule has 3 heterocycles. The number of aliphatic hydroxyl groups is 1. The number of methoxy groups -OCH3 is 1. The van der Waals surface area contributed by atoms with Crippen LogP contribution in [0.25, 0.3) is 55.8 Å². The first kappa shape index (κ1) is 79.1. The second kappa shape index (κ2) is 35.9. The third-order valence-electron chi connectivity index (χ3n) is 18.4. The van der Waals surface area contributed by atoms with Crippen molar-refractivity contribution in [2.45, 2.75) is 55.6 Å². The van der Waals surface area contributed by atoms with Crippen molar-refractivity contribution >= 4 is 63.1 Å². The minimum absolute atomic E-state index is 0.241. The van der Waals surface area contributed by atoms with Crippen molar-refractivity contribution in [3.63, 3.8) is 0 Å². The number of benzene rings is 12. The number of nitrogens with one attached hydrogen (secondary N) is 1. The van der Waals surface area contributed by atoms with Crippen LogP contribution in [0.1, 0.15) is 79.8 Å². The maximum absolute atomic E-state index is 13.5. The molecule has 568 valence electrons. The molecule has 5 atom stereocenters. The number of halogens is 6. The van der Waals surface area contributed by atoms with Crippen LogP contribution in [0.15, 0.2) is 334 Å². The first-order chi connectivity index (χ1) is 53.9. The van der Waals surface area contributed by atoms with Gasteiger partial charge in [-0.15, -0.1) is 0 Å². The van der Waals surface area contributed by atoms with Gasteiger partial charge >= 0.3 is 12.1 Å². The molecular weight excluding hydrogens is 1470 g/mol. The molecule has 3 N–H and O–H groups in total. The number of aliphatic hydroxyl groups excluding tert-OH is 1. The van der Waals surface area contributed by atoms with E-state index in [-0.39, 0.29) is 29.9 Å². The van der Waals surface area contributed by atoms with Crippen LogP contribution in [0.4, 0.5) is 26.3 Å². The normalized spacial score (nSPS) is 13.1. The maximum Gasteiger partial charge on any atom is 0.404 e. The first-order valence-electron chi connectivity index (χ1n) is 35.8. The van der Waals surface area contributed by atoms with Gasteiger partial charge in [0.2, 0.25) is 18.3 Å². The van der Waals surface area contributed by atoms with Crippen LogP contribution in [0.3, 0.4) is 0 Å². The molecule has 15 rings (SSSR count). The minimum Gasteiger partial charge on any atom is -0.520 e. The Labute approximate surface area is 646 Å². The molecule has 3 aromatic heterocycles. The molecule has 5 unspecified atom stereocenters. The Morgan fingerprint density at radius 2 is 0.812 bits per heavy atom. The molecule has 112 heavy (non-hydrogen) atoms. The summed E-state index contributed by atoms with van der Waals surface area (Å²) in [5, 5.41) is 36.7. The van der Waals surface area contributed by atoms with Crippen LogP contribution in [0, 0.1) is 17.5 Å². The highest BCUT2D eigenvalue weighted by Gasteiger charge is 2.37. The van der Waals surface area contributed by atoms with E-state index in [9.17, 15) is 49.8 Å². The van der Waals surface area contributed by atoms with Gasteiger partial charge in [-0.05, 0) is 179 Å². The van der Waals surface area contributed by atoms with Gasteiger partial charge in [0.25, 0.3) is 5.95 Å². The number of hydrogen-bond donors (Lipinski definition) is 3. The zero-order valence-corrected chi connectivity index (χ0v) is 63.2. The Morgan fingerprint density at radius 3 is 1.20 bits per heavy atom. The zero-order valence-electron chi connectivity index (χ0n) is 61.4. The molecule has 0 saturated heterocycles. The summed E-state index contributed by atoms with van der Waals surface area (Å²) in [7, 11) is -4.57. The van der Waals surface area contributed by atoms with E-state index in [1.165, 1.54) is 36.4 Å². The summed E-state index contributed by atoms with van der Waals surface area (Å²) < 4.78 is 122. The van der Waals surface area contributed by atoms with E-state index in [0.717, 1.165) is 94.2 Å². The van der Waals surface area contributed by atoms with Gasteiger partial charge in [0.05, 0.1) is 65.2 Å².